The molecule has 2 aromatic rings. The largest absolute Gasteiger partial charge is 0.497 e. The first-order valence-electron chi connectivity index (χ1n) is 8.74. The predicted octanol–water partition coefficient (Wildman–Crippen LogP) is 3.22. The summed E-state index contributed by atoms with van der Waals surface area (Å²) in [4.78, 5) is 18.3. The molecule has 1 aliphatic carbocycles. The molecule has 3 atom stereocenters. The minimum atomic E-state index is 0.376. The van der Waals surface area contributed by atoms with E-state index in [1.165, 1.54) is 28.6 Å². The van der Waals surface area contributed by atoms with Crippen LogP contribution in [0, 0.1) is 5.92 Å². The van der Waals surface area contributed by atoms with Gasteiger partial charge in [-0.3, -0.25) is 4.79 Å². The van der Waals surface area contributed by atoms with Crippen molar-refractivity contribution in [1.29, 1.82) is 0 Å². The van der Waals surface area contributed by atoms with Gasteiger partial charge >= 0.3 is 0 Å². The number of fused-ring (bicyclic) bond motifs is 4. The Labute approximate surface area is 135 Å². The molecule has 3 heterocycles. The third-order valence-electron chi connectivity index (χ3n) is 6.19. The second-order valence-electron chi connectivity index (χ2n) is 7.26. The Bertz CT molecular complexity index is 794. The molecule has 0 bridgehead atoms. The van der Waals surface area contributed by atoms with Gasteiger partial charge in [0.25, 0.3) is 0 Å². The van der Waals surface area contributed by atoms with Gasteiger partial charge < -0.3 is 14.6 Å². The average Bonchev–Trinajstić information content (AvgIpc) is 3.10. The average molecular weight is 310 g/mol. The first-order chi connectivity index (χ1) is 11.3. The number of amides is 1. The van der Waals surface area contributed by atoms with Crippen LogP contribution in [0.1, 0.15) is 42.9 Å². The van der Waals surface area contributed by atoms with Gasteiger partial charge in [0.1, 0.15) is 5.75 Å². The van der Waals surface area contributed by atoms with E-state index in [0.29, 0.717) is 23.8 Å². The number of carbonyl (C=O) groups excluding carboxylic acids is 1. The molecule has 1 aromatic heterocycles. The summed E-state index contributed by atoms with van der Waals surface area (Å²) in [5, 5.41) is 1.29. The lowest BCUT2D eigenvalue weighted by molar-refractivity contribution is -0.132. The number of carbonyl (C=O) groups is 1. The van der Waals surface area contributed by atoms with Crippen molar-refractivity contribution in [2.75, 3.05) is 13.7 Å². The molecular formula is C19H22N2O2. The summed E-state index contributed by atoms with van der Waals surface area (Å²) in [6, 6.07) is 6.72. The van der Waals surface area contributed by atoms with Crippen LogP contribution in [0.4, 0.5) is 0 Å². The van der Waals surface area contributed by atoms with E-state index in [9.17, 15) is 4.79 Å². The Morgan fingerprint density at radius 3 is 3.09 bits per heavy atom. The van der Waals surface area contributed by atoms with Gasteiger partial charge in [-0.05, 0) is 55.4 Å². The second kappa shape index (κ2) is 4.76. The highest BCUT2D eigenvalue weighted by Gasteiger charge is 2.48. The SMILES string of the molecule is COc1ccc2[nH]c3c(c2c1)[C@@H]1CCN2C(=O)CCC[C@H](C3)[C@H]12. The van der Waals surface area contributed by atoms with Crippen LogP contribution in [0.15, 0.2) is 18.2 Å². The topological polar surface area (TPSA) is 45.3 Å². The molecule has 4 nitrogen and oxygen atoms in total. The van der Waals surface area contributed by atoms with E-state index in [-0.39, 0.29) is 0 Å². The minimum absolute atomic E-state index is 0.376. The van der Waals surface area contributed by atoms with Crippen molar-refractivity contribution in [3.63, 3.8) is 0 Å². The van der Waals surface area contributed by atoms with Crippen molar-refractivity contribution >= 4 is 16.8 Å². The second-order valence-corrected chi connectivity index (χ2v) is 7.26. The number of benzene rings is 1. The van der Waals surface area contributed by atoms with Crippen LogP contribution in [0.25, 0.3) is 10.9 Å². The maximum absolute atomic E-state index is 12.4. The van der Waals surface area contributed by atoms with Crippen LogP contribution < -0.4 is 4.74 Å². The fourth-order valence-corrected chi connectivity index (χ4v) is 5.28. The molecule has 120 valence electrons. The predicted molar refractivity (Wildman–Crippen MR) is 88.8 cm³/mol. The van der Waals surface area contributed by atoms with Crippen molar-refractivity contribution in [3.05, 3.63) is 29.5 Å². The van der Waals surface area contributed by atoms with E-state index in [0.717, 1.165) is 38.0 Å². The highest BCUT2D eigenvalue weighted by Crippen LogP contribution is 2.49. The maximum atomic E-state index is 12.4. The molecule has 2 fully saturated rings. The summed E-state index contributed by atoms with van der Waals surface area (Å²) >= 11 is 0. The highest BCUT2D eigenvalue weighted by molar-refractivity contribution is 5.87. The standard InChI is InChI=1S/C19H22N2O2/c1-23-12-5-6-15-14(10-12)18-13-7-8-21-17(22)4-2-3-11(19(13)21)9-16(18)20-15/h5-6,10-11,13,19-20H,2-4,7-9H2,1H3/t11-,13+,19-/m1/s1. The van der Waals surface area contributed by atoms with Gasteiger partial charge in [0, 0.05) is 41.5 Å². The van der Waals surface area contributed by atoms with Crippen molar-refractivity contribution < 1.29 is 9.53 Å². The van der Waals surface area contributed by atoms with Crippen molar-refractivity contribution in [1.82, 2.24) is 9.88 Å². The number of aromatic amines is 1. The molecule has 2 aliphatic heterocycles. The van der Waals surface area contributed by atoms with E-state index in [4.69, 9.17) is 4.74 Å². The quantitative estimate of drug-likeness (QED) is 0.879. The fraction of sp³-hybridized carbons (Fsp3) is 0.526. The maximum Gasteiger partial charge on any atom is 0.222 e. The summed E-state index contributed by atoms with van der Waals surface area (Å²) in [5.74, 6) is 2.40. The molecule has 0 unspecified atom stereocenters. The summed E-state index contributed by atoms with van der Waals surface area (Å²) in [5.41, 5.74) is 4.06. The number of nitrogens with zero attached hydrogens (tertiary/aromatic N) is 1. The van der Waals surface area contributed by atoms with Gasteiger partial charge in [-0.25, -0.2) is 0 Å². The number of aromatic nitrogens is 1. The summed E-state index contributed by atoms with van der Waals surface area (Å²) < 4.78 is 5.43. The molecule has 1 aromatic carbocycles. The molecule has 2 saturated heterocycles. The van der Waals surface area contributed by atoms with Crippen LogP contribution >= 0.6 is 0 Å². The molecule has 0 saturated carbocycles. The normalized spacial score (nSPS) is 29.3. The summed E-state index contributed by atoms with van der Waals surface area (Å²) in [6.07, 6.45) is 5.15. The van der Waals surface area contributed by atoms with Crippen molar-refractivity contribution in [3.8, 4) is 5.75 Å². The molecule has 0 radical (unpaired) electrons. The Hall–Kier alpha value is -1.97. The molecule has 0 spiro atoms. The Balaban J connectivity index is 1.68. The third kappa shape index (κ3) is 1.81. The fourth-order valence-electron chi connectivity index (χ4n) is 5.28. The number of hydrogen-bond donors (Lipinski definition) is 1. The zero-order chi connectivity index (χ0) is 15.6. The van der Waals surface area contributed by atoms with Gasteiger partial charge in [-0.15, -0.1) is 0 Å². The van der Waals surface area contributed by atoms with Crippen LogP contribution in [-0.2, 0) is 11.2 Å². The number of ether oxygens (including phenoxy) is 1. The van der Waals surface area contributed by atoms with E-state index in [2.05, 4.69) is 22.0 Å². The first-order valence-corrected chi connectivity index (χ1v) is 8.74. The third-order valence-corrected chi connectivity index (χ3v) is 6.19. The molecule has 4 heteroatoms. The molecule has 3 aliphatic rings. The molecule has 23 heavy (non-hydrogen) atoms. The van der Waals surface area contributed by atoms with E-state index in [1.54, 1.807) is 7.11 Å². The first kappa shape index (κ1) is 13.5. The van der Waals surface area contributed by atoms with Crippen LogP contribution in [0.2, 0.25) is 0 Å². The van der Waals surface area contributed by atoms with Crippen LogP contribution in [-0.4, -0.2) is 35.5 Å². The van der Waals surface area contributed by atoms with Crippen LogP contribution in [0.5, 0.6) is 5.75 Å². The van der Waals surface area contributed by atoms with E-state index in [1.807, 2.05) is 6.07 Å². The molecule has 1 N–H and O–H groups in total. The number of rotatable bonds is 1. The Morgan fingerprint density at radius 1 is 1.30 bits per heavy atom. The summed E-state index contributed by atoms with van der Waals surface area (Å²) in [6.45, 7) is 0.931. The number of H-pyrrole nitrogens is 1. The number of methoxy groups -OCH3 is 1. The number of nitrogens with one attached hydrogen (secondary N) is 1. The highest BCUT2D eigenvalue weighted by atomic mass is 16.5. The Kier molecular flexibility index (Phi) is 2.79. The smallest absolute Gasteiger partial charge is 0.222 e. The van der Waals surface area contributed by atoms with Crippen LogP contribution in [0.3, 0.4) is 0 Å². The van der Waals surface area contributed by atoms with Crippen molar-refractivity contribution in [2.45, 2.75) is 44.1 Å². The van der Waals surface area contributed by atoms with Gasteiger partial charge in [0.15, 0.2) is 0 Å². The molecular weight excluding hydrogens is 288 g/mol. The van der Waals surface area contributed by atoms with Gasteiger partial charge in [0.05, 0.1) is 7.11 Å². The lowest BCUT2D eigenvalue weighted by Crippen LogP contribution is -2.43. The minimum Gasteiger partial charge on any atom is -0.497 e. The van der Waals surface area contributed by atoms with Gasteiger partial charge in [-0.1, -0.05) is 0 Å². The summed E-state index contributed by atoms with van der Waals surface area (Å²) in [7, 11) is 1.72. The number of hydrogen-bond acceptors (Lipinski definition) is 2. The molecule has 1 amide bonds. The zero-order valence-electron chi connectivity index (χ0n) is 13.5. The lowest BCUT2D eigenvalue weighted by Gasteiger charge is -2.37. The van der Waals surface area contributed by atoms with Gasteiger partial charge in [0.2, 0.25) is 5.91 Å². The zero-order valence-corrected chi connectivity index (χ0v) is 13.5. The lowest BCUT2D eigenvalue weighted by atomic mass is 9.74. The van der Waals surface area contributed by atoms with E-state index < -0.39 is 0 Å². The monoisotopic (exact) mass is 310 g/mol. The molecule has 5 rings (SSSR count). The van der Waals surface area contributed by atoms with Gasteiger partial charge in [-0.2, -0.15) is 0 Å². The Morgan fingerprint density at radius 2 is 2.22 bits per heavy atom. The van der Waals surface area contributed by atoms with Crippen molar-refractivity contribution in [2.24, 2.45) is 5.92 Å². The van der Waals surface area contributed by atoms with E-state index >= 15 is 0 Å².